The highest BCUT2D eigenvalue weighted by Crippen LogP contribution is 2.33. The van der Waals surface area contributed by atoms with Gasteiger partial charge in [0.05, 0.1) is 6.04 Å². The van der Waals surface area contributed by atoms with E-state index in [0.717, 1.165) is 21.8 Å². The summed E-state index contributed by atoms with van der Waals surface area (Å²) in [5, 5.41) is 0.723. The summed E-state index contributed by atoms with van der Waals surface area (Å²) in [5.74, 6) is -0.273. The molecule has 0 saturated carbocycles. The Morgan fingerprint density at radius 2 is 1.76 bits per heavy atom. The Labute approximate surface area is 130 Å². The summed E-state index contributed by atoms with van der Waals surface area (Å²) >= 11 is 6.27. The van der Waals surface area contributed by atoms with Crippen LogP contribution in [0.25, 0.3) is 0 Å². The number of benzene rings is 2. The van der Waals surface area contributed by atoms with E-state index < -0.39 is 0 Å². The van der Waals surface area contributed by atoms with Gasteiger partial charge >= 0.3 is 0 Å². The van der Waals surface area contributed by atoms with Gasteiger partial charge in [-0.2, -0.15) is 0 Å². The molecule has 112 valence electrons. The molecule has 0 amide bonds. The largest absolute Gasteiger partial charge is 0.368 e. The second-order valence-electron chi connectivity index (χ2n) is 5.30. The van der Waals surface area contributed by atoms with Crippen molar-refractivity contribution in [2.24, 2.45) is 5.73 Å². The first-order valence-corrected chi connectivity index (χ1v) is 7.32. The van der Waals surface area contributed by atoms with Gasteiger partial charge in [0.2, 0.25) is 0 Å². The zero-order valence-electron chi connectivity index (χ0n) is 12.5. The van der Waals surface area contributed by atoms with Crippen LogP contribution in [-0.2, 0) is 0 Å². The lowest BCUT2D eigenvalue weighted by atomic mass is 10.0. The highest BCUT2D eigenvalue weighted by Gasteiger charge is 2.19. The molecular weight excluding hydrogens is 287 g/mol. The lowest BCUT2D eigenvalue weighted by Crippen LogP contribution is -2.24. The molecule has 0 saturated heterocycles. The van der Waals surface area contributed by atoms with Crippen LogP contribution in [0.5, 0.6) is 0 Å². The Bertz CT molecular complexity index is 628. The topological polar surface area (TPSA) is 29.3 Å². The van der Waals surface area contributed by atoms with E-state index in [0.29, 0.717) is 0 Å². The SMILES string of the molecule is CC(c1ccccc1Cl)N(C)c1ccc(F)cc1[C@@H](C)N. The Morgan fingerprint density at radius 3 is 2.38 bits per heavy atom. The van der Waals surface area contributed by atoms with Gasteiger partial charge in [-0.25, -0.2) is 4.39 Å². The summed E-state index contributed by atoms with van der Waals surface area (Å²) in [6, 6.07) is 12.3. The molecule has 2 N–H and O–H groups in total. The van der Waals surface area contributed by atoms with Gasteiger partial charge in [0.1, 0.15) is 5.82 Å². The zero-order chi connectivity index (χ0) is 15.6. The van der Waals surface area contributed by atoms with Crippen LogP contribution in [-0.4, -0.2) is 7.05 Å². The highest BCUT2D eigenvalue weighted by atomic mass is 35.5. The van der Waals surface area contributed by atoms with Gasteiger partial charge in [-0.1, -0.05) is 29.8 Å². The molecule has 0 aliphatic carbocycles. The third-order valence-electron chi connectivity index (χ3n) is 3.80. The van der Waals surface area contributed by atoms with Crippen LogP contribution in [0.4, 0.5) is 10.1 Å². The first kappa shape index (κ1) is 15.8. The van der Waals surface area contributed by atoms with E-state index in [9.17, 15) is 4.39 Å². The van der Waals surface area contributed by atoms with Crippen molar-refractivity contribution in [3.05, 3.63) is 64.4 Å². The van der Waals surface area contributed by atoms with E-state index in [4.69, 9.17) is 17.3 Å². The molecule has 2 nitrogen and oxygen atoms in total. The summed E-state index contributed by atoms with van der Waals surface area (Å²) in [5.41, 5.74) is 8.70. The van der Waals surface area contributed by atoms with E-state index in [1.165, 1.54) is 12.1 Å². The number of hydrogen-bond acceptors (Lipinski definition) is 2. The third-order valence-corrected chi connectivity index (χ3v) is 4.14. The Balaban J connectivity index is 2.40. The van der Waals surface area contributed by atoms with Gasteiger partial charge in [-0.15, -0.1) is 0 Å². The van der Waals surface area contributed by atoms with Crippen LogP contribution in [0.1, 0.15) is 37.1 Å². The molecule has 0 radical (unpaired) electrons. The summed E-state index contributed by atoms with van der Waals surface area (Å²) in [6.07, 6.45) is 0. The molecular formula is C17H20ClFN2. The number of nitrogens with two attached hydrogens (primary N) is 1. The fraction of sp³-hybridized carbons (Fsp3) is 0.294. The minimum Gasteiger partial charge on any atom is -0.368 e. The van der Waals surface area contributed by atoms with Crippen molar-refractivity contribution in [2.75, 3.05) is 11.9 Å². The van der Waals surface area contributed by atoms with Gasteiger partial charge in [0.25, 0.3) is 0 Å². The molecule has 4 heteroatoms. The van der Waals surface area contributed by atoms with Crippen LogP contribution in [0.2, 0.25) is 5.02 Å². The molecule has 0 bridgehead atoms. The van der Waals surface area contributed by atoms with E-state index >= 15 is 0 Å². The van der Waals surface area contributed by atoms with Crippen molar-refractivity contribution in [1.82, 2.24) is 0 Å². The number of anilines is 1. The van der Waals surface area contributed by atoms with E-state index in [-0.39, 0.29) is 17.9 Å². The zero-order valence-corrected chi connectivity index (χ0v) is 13.2. The van der Waals surface area contributed by atoms with Crippen LogP contribution in [0.3, 0.4) is 0 Å². The van der Waals surface area contributed by atoms with Crippen LogP contribution in [0, 0.1) is 5.82 Å². The molecule has 0 heterocycles. The summed E-state index contributed by atoms with van der Waals surface area (Å²) in [7, 11) is 1.97. The van der Waals surface area contributed by atoms with Gasteiger partial charge < -0.3 is 10.6 Å². The number of hydrogen-bond donors (Lipinski definition) is 1. The molecule has 0 aliphatic rings. The van der Waals surface area contributed by atoms with Crippen molar-refractivity contribution in [2.45, 2.75) is 25.9 Å². The van der Waals surface area contributed by atoms with Gasteiger partial charge in [0, 0.05) is 23.8 Å². The van der Waals surface area contributed by atoms with Crippen LogP contribution >= 0.6 is 11.6 Å². The van der Waals surface area contributed by atoms with E-state index in [1.54, 1.807) is 6.07 Å². The van der Waals surface area contributed by atoms with E-state index in [1.807, 2.05) is 38.2 Å². The molecule has 2 aromatic carbocycles. The second-order valence-corrected chi connectivity index (χ2v) is 5.71. The van der Waals surface area contributed by atoms with Crippen molar-refractivity contribution in [3.8, 4) is 0 Å². The average Bonchev–Trinajstić information content (AvgIpc) is 2.46. The quantitative estimate of drug-likeness (QED) is 0.887. The molecule has 2 atom stereocenters. The molecule has 2 rings (SSSR count). The van der Waals surface area contributed by atoms with Gasteiger partial charge in [0.15, 0.2) is 0 Å². The molecule has 1 unspecified atom stereocenters. The summed E-state index contributed by atoms with van der Waals surface area (Å²) in [4.78, 5) is 2.07. The lowest BCUT2D eigenvalue weighted by molar-refractivity contribution is 0.620. The van der Waals surface area contributed by atoms with Crippen molar-refractivity contribution >= 4 is 17.3 Å². The third kappa shape index (κ3) is 3.36. The maximum absolute atomic E-state index is 13.5. The number of rotatable bonds is 4. The Kier molecular flexibility index (Phi) is 4.86. The molecule has 0 aromatic heterocycles. The fourth-order valence-corrected chi connectivity index (χ4v) is 2.74. The fourth-order valence-electron chi connectivity index (χ4n) is 2.44. The standard InChI is InChI=1S/C17H20ClFN2/c1-11(20)15-10-13(19)8-9-17(15)21(3)12(2)14-6-4-5-7-16(14)18/h4-12H,20H2,1-3H3/t11-,12?/m1/s1. The van der Waals surface area contributed by atoms with Crippen molar-refractivity contribution < 1.29 is 4.39 Å². The normalized spacial score (nSPS) is 13.8. The molecule has 0 spiro atoms. The first-order valence-electron chi connectivity index (χ1n) is 6.94. The van der Waals surface area contributed by atoms with Crippen molar-refractivity contribution in [1.29, 1.82) is 0 Å². The minimum atomic E-state index is -0.273. The maximum Gasteiger partial charge on any atom is 0.123 e. The lowest BCUT2D eigenvalue weighted by Gasteiger charge is -2.30. The van der Waals surface area contributed by atoms with Gasteiger partial charge in [-0.3, -0.25) is 0 Å². The summed E-state index contributed by atoms with van der Waals surface area (Å²) in [6.45, 7) is 3.92. The van der Waals surface area contributed by atoms with Crippen LogP contribution < -0.4 is 10.6 Å². The second kappa shape index (κ2) is 6.46. The summed E-state index contributed by atoms with van der Waals surface area (Å²) < 4.78 is 13.5. The molecule has 21 heavy (non-hydrogen) atoms. The molecule has 2 aromatic rings. The Hall–Kier alpha value is -1.58. The smallest absolute Gasteiger partial charge is 0.123 e. The number of halogens is 2. The van der Waals surface area contributed by atoms with E-state index in [2.05, 4.69) is 11.8 Å². The van der Waals surface area contributed by atoms with Gasteiger partial charge in [-0.05, 0) is 49.2 Å². The molecule has 0 aliphatic heterocycles. The predicted molar refractivity (Wildman–Crippen MR) is 87.3 cm³/mol. The monoisotopic (exact) mass is 306 g/mol. The average molecular weight is 307 g/mol. The highest BCUT2D eigenvalue weighted by molar-refractivity contribution is 6.31. The predicted octanol–water partition coefficient (Wildman–Crippen LogP) is 4.70. The maximum atomic E-state index is 13.5. The van der Waals surface area contributed by atoms with Crippen LogP contribution in [0.15, 0.2) is 42.5 Å². The molecule has 0 fully saturated rings. The minimum absolute atomic E-state index is 0.0571. The Morgan fingerprint density at radius 1 is 1.10 bits per heavy atom. The van der Waals surface area contributed by atoms with Crippen molar-refractivity contribution in [3.63, 3.8) is 0 Å². The first-order chi connectivity index (χ1) is 9.91. The number of nitrogens with zero attached hydrogens (tertiary/aromatic N) is 1.